The van der Waals surface area contributed by atoms with Gasteiger partial charge in [0.1, 0.15) is 12.6 Å². The standard InChI is InChI=1S/C12H20N4O5/c1-3-15(7-9(17)13-2)12(21)16-5-4-14-11(20)8(16)6-10(18)19/h8H,3-7H2,1-2H3,(H,13,17)(H,14,20)(H,18,19). The maximum absolute atomic E-state index is 12.4. The third kappa shape index (κ3) is 4.33. The Kier molecular flexibility index (Phi) is 5.94. The molecule has 4 amide bonds. The van der Waals surface area contributed by atoms with Crippen molar-refractivity contribution in [1.82, 2.24) is 20.4 Å². The number of likely N-dealkylation sites (N-methyl/N-ethyl adjacent to an activating group) is 2. The summed E-state index contributed by atoms with van der Waals surface area (Å²) in [5.41, 5.74) is 0. The molecule has 0 bridgehead atoms. The average Bonchev–Trinajstić information content (AvgIpc) is 2.45. The Morgan fingerprint density at radius 3 is 2.67 bits per heavy atom. The van der Waals surface area contributed by atoms with E-state index in [0.29, 0.717) is 0 Å². The number of amides is 4. The van der Waals surface area contributed by atoms with Gasteiger partial charge < -0.3 is 25.5 Å². The molecule has 0 aromatic rings. The quantitative estimate of drug-likeness (QED) is 0.568. The maximum Gasteiger partial charge on any atom is 0.321 e. The molecule has 1 unspecified atom stereocenters. The van der Waals surface area contributed by atoms with Crippen LogP contribution in [0.2, 0.25) is 0 Å². The summed E-state index contributed by atoms with van der Waals surface area (Å²) in [5.74, 6) is -1.99. The summed E-state index contributed by atoms with van der Waals surface area (Å²) >= 11 is 0. The molecule has 118 valence electrons. The first kappa shape index (κ1) is 16.7. The van der Waals surface area contributed by atoms with E-state index in [1.54, 1.807) is 6.92 Å². The Bertz CT molecular complexity index is 439. The first-order valence-electron chi connectivity index (χ1n) is 6.66. The average molecular weight is 300 g/mol. The van der Waals surface area contributed by atoms with E-state index < -0.39 is 30.4 Å². The van der Waals surface area contributed by atoms with Crippen LogP contribution in [0.15, 0.2) is 0 Å². The predicted octanol–water partition coefficient (Wildman–Crippen LogP) is -1.55. The molecule has 0 saturated carbocycles. The summed E-state index contributed by atoms with van der Waals surface area (Å²) < 4.78 is 0. The number of nitrogens with zero attached hydrogens (tertiary/aromatic N) is 2. The monoisotopic (exact) mass is 300 g/mol. The van der Waals surface area contributed by atoms with Crippen LogP contribution in [0.3, 0.4) is 0 Å². The van der Waals surface area contributed by atoms with Crippen molar-refractivity contribution in [2.45, 2.75) is 19.4 Å². The van der Waals surface area contributed by atoms with Gasteiger partial charge in [0, 0.05) is 26.7 Å². The normalized spacial score (nSPS) is 17.9. The number of aliphatic carboxylic acids is 1. The van der Waals surface area contributed by atoms with E-state index in [2.05, 4.69) is 10.6 Å². The van der Waals surface area contributed by atoms with Gasteiger partial charge in [-0.15, -0.1) is 0 Å². The van der Waals surface area contributed by atoms with Crippen LogP contribution < -0.4 is 10.6 Å². The Labute approximate surface area is 122 Å². The molecule has 21 heavy (non-hydrogen) atoms. The first-order valence-corrected chi connectivity index (χ1v) is 6.66. The molecule has 1 aliphatic heterocycles. The van der Waals surface area contributed by atoms with Gasteiger partial charge in [0.15, 0.2) is 0 Å². The highest BCUT2D eigenvalue weighted by molar-refractivity contribution is 5.92. The molecule has 0 spiro atoms. The lowest BCUT2D eigenvalue weighted by molar-refractivity contribution is -0.142. The summed E-state index contributed by atoms with van der Waals surface area (Å²) in [6.07, 6.45) is -0.463. The van der Waals surface area contributed by atoms with Crippen LogP contribution in [-0.4, -0.2) is 78.0 Å². The number of rotatable bonds is 5. The largest absolute Gasteiger partial charge is 0.481 e. The third-order valence-corrected chi connectivity index (χ3v) is 3.21. The second-order valence-corrected chi connectivity index (χ2v) is 4.57. The van der Waals surface area contributed by atoms with Crippen LogP contribution in [0.5, 0.6) is 0 Å². The zero-order valence-corrected chi connectivity index (χ0v) is 12.1. The van der Waals surface area contributed by atoms with Crippen LogP contribution in [-0.2, 0) is 14.4 Å². The predicted molar refractivity (Wildman–Crippen MR) is 72.5 cm³/mol. The van der Waals surface area contributed by atoms with E-state index >= 15 is 0 Å². The fourth-order valence-corrected chi connectivity index (χ4v) is 2.06. The minimum atomic E-state index is -1.16. The number of urea groups is 1. The van der Waals surface area contributed by atoms with Crippen LogP contribution in [0.1, 0.15) is 13.3 Å². The Hall–Kier alpha value is -2.32. The van der Waals surface area contributed by atoms with E-state index in [-0.39, 0.29) is 32.1 Å². The number of carbonyl (C=O) groups excluding carboxylic acids is 3. The highest BCUT2D eigenvalue weighted by atomic mass is 16.4. The van der Waals surface area contributed by atoms with E-state index in [0.717, 1.165) is 0 Å². The molecule has 1 atom stereocenters. The smallest absolute Gasteiger partial charge is 0.321 e. The van der Waals surface area contributed by atoms with E-state index in [1.807, 2.05) is 0 Å². The van der Waals surface area contributed by atoms with Gasteiger partial charge >= 0.3 is 12.0 Å². The molecule has 0 aromatic heterocycles. The van der Waals surface area contributed by atoms with Crippen molar-refractivity contribution < 1.29 is 24.3 Å². The molecule has 9 heteroatoms. The molecular formula is C12H20N4O5. The SMILES string of the molecule is CCN(CC(=O)NC)C(=O)N1CCNC(=O)C1CC(=O)O. The molecular weight excluding hydrogens is 280 g/mol. The second kappa shape index (κ2) is 7.46. The molecule has 0 radical (unpaired) electrons. The number of carboxylic acids is 1. The number of carboxylic acid groups (broad SMARTS) is 1. The van der Waals surface area contributed by atoms with E-state index in [4.69, 9.17) is 5.11 Å². The van der Waals surface area contributed by atoms with E-state index in [9.17, 15) is 19.2 Å². The van der Waals surface area contributed by atoms with Gasteiger partial charge in [-0.25, -0.2) is 4.79 Å². The number of piperazine rings is 1. The Morgan fingerprint density at radius 2 is 2.14 bits per heavy atom. The van der Waals surface area contributed by atoms with Crippen LogP contribution in [0, 0.1) is 0 Å². The van der Waals surface area contributed by atoms with Crippen molar-refractivity contribution in [3.05, 3.63) is 0 Å². The molecule has 3 N–H and O–H groups in total. The molecule has 1 saturated heterocycles. The maximum atomic E-state index is 12.4. The Balaban J connectivity index is 2.86. The molecule has 1 rings (SSSR count). The minimum absolute atomic E-state index is 0.135. The number of hydrogen-bond acceptors (Lipinski definition) is 4. The molecule has 0 aromatic carbocycles. The van der Waals surface area contributed by atoms with Gasteiger partial charge in [-0.1, -0.05) is 0 Å². The second-order valence-electron chi connectivity index (χ2n) is 4.57. The van der Waals surface area contributed by atoms with Crippen molar-refractivity contribution in [2.24, 2.45) is 0 Å². The molecule has 0 aliphatic carbocycles. The highest BCUT2D eigenvalue weighted by Gasteiger charge is 2.36. The van der Waals surface area contributed by atoms with Gasteiger partial charge in [-0.3, -0.25) is 14.4 Å². The zero-order chi connectivity index (χ0) is 16.0. The van der Waals surface area contributed by atoms with Crippen molar-refractivity contribution in [2.75, 3.05) is 33.2 Å². The highest BCUT2D eigenvalue weighted by Crippen LogP contribution is 2.12. The van der Waals surface area contributed by atoms with Crippen LogP contribution in [0.25, 0.3) is 0 Å². The van der Waals surface area contributed by atoms with Crippen molar-refractivity contribution in [3.8, 4) is 0 Å². The summed E-state index contributed by atoms with van der Waals surface area (Å²) in [5, 5.41) is 13.8. The van der Waals surface area contributed by atoms with Gasteiger partial charge in [0.05, 0.1) is 6.42 Å². The molecule has 1 heterocycles. The summed E-state index contributed by atoms with van der Waals surface area (Å²) in [7, 11) is 1.46. The van der Waals surface area contributed by atoms with Gasteiger partial charge in [0.25, 0.3) is 0 Å². The van der Waals surface area contributed by atoms with E-state index in [1.165, 1.54) is 16.8 Å². The van der Waals surface area contributed by atoms with Crippen LogP contribution in [0.4, 0.5) is 4.79 Å². The van der Waals surface area contributed by atoms with Crippen molar-refractivity contribution in [1.29, 1.82) is 0 Å². The number of nitrogens with one attached hydrogen (secondary N) is 2. The summed E-state index contributed by atoms with van der Waals surface area (Å²) in [6, 6.07) is -1.57. The first-order chi connectivity index (χ1) is 9.90. The fraction of sp³-hybridized carbons (Fsp3) is 0.667. The summed E-state index contributed by atoms with van der Waals surface area (Å²) in [6.45, 7) is 2.33. The number of carbonyl (C=O) groups is 4. The van der Waals surface area contributed by atoms with Gasteiger partial charge in [-0.2, -0.15) is 0 Å². The fourth-order valence-electron chi connectivity index (χ4n) is 2.06. The van der Waals surface area contributed by atoms with Gasteiger partial charge in [-0.05, 0) is 6.92 Å². The topological polar surface area (TPSA) is 119 Å². The summed E-state index contributed by atoms with van der Waals surface area (Å²) in [4.78, 5) is 48.9. The third-order valence-electron chi connectivity index (χ3n) is 3.21. The minimum Gasteiger partial charge on any atom is -0.481 e. The van der Waals surface area contributed by atoms with Crippen molar-refractivity contribution in [3.63, 3.8) is 0 Å². The molecule has 1 aliphatic rings. The lowest BCUT2D eigenvalue weighted by Crippen LogP contribution is -2.61. The zero-order valence-electron chi connectivity index (χ0n) is 12.1. The molecule has 9 nitrogen and oxygen atoms in total. The lowest BCUT2D eigenvalue weighted by Gasteiger charge is -2.37. The van der Waals surface area contributed by atoms with Crippen LogP contribution >= 0.6 is 0 Å². The Morgan fingerprint density at radius 1 is 1.48 bits per heavy atom. The number of hydrogen-bond donors (Lipinski definition) is 3. The lowest BCUT2D eigenvalue weighted by atomic mass is 10.1. The molecule has 1 fully saturated rings. The van der Waals surface area contributed by atoms with Crippen molar-refractivity contribution >= 4 is 23.8 Å². The van der Waals surface area contributed by atoms with Gasteiger partial charge in [0.2, 0.25) is 11.8 Å².